The molecule has 0 radical (unpaired) electrons. The summed E-state index contributed by atoms with van der Waals surface area (Å²) in [4.78, 5) is 11.7. The highest BCUT2D eigenvalue weighted by Crippen LogP contribution is 2.38. The highest BCUT2D eigenvalue weighted by molar-refractivity contribution is 5.87. The maximum Gasteiger partial charge on any atom is 0.243 e. The summed E-state index contributed by atoms with van der Waals surface area (Å²) in [5.74, 6) is 0.337. The van der Waals surface area contributed by atoms with E-state index in [4.69, 9.17) is 0 Å². The van der Waals surface area contributed by atoms with Crippen LogP contribution < -0.4 is 5.32 Å². The van der Waals surface area contributed by atoms with Gasteiger partial charge in [0.05, 0.1) is 12.2 Å². The van der Waals surface area contributed by atoms with Crippen molar-refractivity contribution in [3.05, 3.63) is 12.2 Å². The predicted octanol–water partition coefficient (Wildman–Crippen LogP) is 1.76. The van der Waals surface area contributed by atoms with Crippen LogP contribution in [0.5, 0.6) is 0 Å². The number of carbonyl (C=O) groups excluding carboxylic acids is 1. The third kappa shape index (κ3) is 4.32. The van der Waals surface area contributed by atoms with Crippen LogP contribution in [0.4, 0.5) is 0 Å². The van der Waals surface area contributed by atoms with Crippen molar-refractivity contribution in [2.24, 2.45) is 11.8 Å². The molecule has 0 bridgehead atoms. The van der Waals surface area contributed by atoms with E-state index in [9.17, 15) is 15.0 Å². The highest BCUT2D eigenvalue weighted by atomic mass is 16.3. The van der Waals surface area contributed by atoms with Crippen LogP contribution in [0, 0.1) is 11.8 Å². The van der Waals surface area contributed by atoms with Crippen LogP contribution in [0.15, 0.2) is 12.2 Å². The number of fused-ring (bicyclic) bond motifs is 1. The van der Waals surface area contributed by atoms with Gasteiger partial charge in [0.15, 0.2) is 0 Å². The summed E-state index contributed by atoms with van der Waals surface area (Å²) in [6.45, 7) is 2.02. The molecule has 2 aliphatic rings. The van der Waals surface area contributed by atoms with Crippen molar-refractivity contribution >= 4 is 5.91 Å². The van der Waals surface area contributed by atoms with E-state index < -0.39 is 6.10 Å². The Bertz CT molecular complexity index is 356. The van der Waals surface area contributed by atoms with Gasteiger partial charge in [-0.3, -0.25) is 4.79 Å². The van der Waals surface area contributed by atoms with Crippen LogP contribution in [0.1, 0.15) is 51.9 Å². The number of rotatable bonds is 0. The molecule has 20 heavy (non-hydrogen) atoms. The summed E-state index contributed by atoms with van der Waals surface area (Å²) in [5.41, 5.74) is 0. The summed E-state index contributed by atoms with van der Waals surface area (Å²) in [6, 6.07) is 0.186. The van der Waals surface area contributed by atoms with Crippen molar-refractivity contribution in [1.29, 1.82) is 0 Å². The average molecular weight is 281 g/mol. The van der Waals surface area contributed by atoms with E-state index in [0.29, 0.717) is 12.3 Å². The van der Waals surface area contributed by atoms with Crippen molar-refractivity contribution < 1.29 is 15.0 Å². The zero-order chi connectivity index (χ0) is 14.5. The lowest BCUT2D eigenvalue weighted by Gasteiger charge is -2.22. The fourth-order valence-corrected chi connectivity index (χ4v) is 3.60. The Hall–Kier alpha value is -0.870. The number of hydrogen-bond donors (Lipinski definition) is 3. The van der Waals surface area contributed by atoms with E-state index in [1.807, 2.05) is 6.92 Å². The second kappa shape index (κ2) is 7.23. The molecule has 1 amide bonds. The largest absolute Gasteiger partial charge is 0.393 e. The summed E-state index contributed by atoms with van der Waals surface area (Å²) < 4.78 is 0. The molecule has 0 aromatic rings. The smallest absolute Gasteiger partial charge is 0.243 e. The Morgan fingerprint density at radius 3 is 2.70 bits per heavy atom. The number of carbonyl (C=O) groups is 1. The van der Waals surface area contributed by atoms with E-state index in [1.54, 1.807) is 6.08 Å². The highest BCUT2D eigenvalue weighted by Gasteiger charge is 2.36. The number of aliphatic hydroxyl groups excluding tert-OH is 2. The minimum atomic E-state index is -0.626. The van der Waals surface area contributed by atoms with Gasteiger partial charge >= 0.3 is 0 Å². The van der Waals surface area contributed by atoms with Crippen LogP contribution in [-0.4, -0.2) is 34.4 Å². The van der Waals surface area contributed by atoms with Gasteiger partial charge in [-0.1, -0.05) is 25.3 Å². The Balaban J connectivity index is 2.04. The van der Waals surface area contributed by atoms with Crippen molar-refractivity contribution in [3.63, 3.8) is 0 Å². The molecule has 2 rings (SSSR count). The Morgan fingerprint density at radius 2 is 1.90 bits per heavy atom. The third-order valence-electron chi connectivity index (χ3n) is 4.71. The third-order valence-corrected chi connectivity index (χ3v) is 4.71. The van der Waals surface area contributed by atoms with E-state index in [2.05, 4.69) is 5.32 Å². The molecule has 4 heteroatoms. The molecular formula is C16H27NO3. The van der Waals surface area contributed by atoms with Crippen LogP contribution >= 0.6 is 0 Å². The quantitative estimate of drug-likeness (QED) is 0.633. The summed E-state index contributed by atoms with van der Waals surface area (Å²) in [5, 5.41) is 23.0. The van der Waals surface area contributed by atoms with Gasteiger partial charge in [0, 0.05) is 12.1 Å². The van der Waals surface area contributed by atoms with Crippen LogP contribution in [0.3, 0.4) is 0 Å². The first kappa shape index (κ1) is 15.5. The van der Waals surface area contributed by atoms with E-state index >= 15 is 0 Å². The minimum Gasteiger partial charge on any atom is -0.393 e. The molecular weight excluding hydrogens is 254 g/mol. The minimum absolute atomic E-state index is 0.0900. The predicted molar refractivity (Wildman–Crippen MR) is 78.1 cm³/mol. The van der Waals surface area contributed by atoms with E-state index in [-0.39, 0.29) is 24.0 Å². The molecule has 114 valence electrons. The standard InChI is InChI=1S/C16H27NO3/c1-11-5-3-2-4-6-12-9-13(18)10-14(12)15(19)7-8-16(20)17-11/h7-8,11-15,18-19H,2-6,9-10H2,1H3,(H,17,20)/b8-7+/t11-,12+,13-,14+,15+/m1/s1. The molecule has 1 fully saturated rings. The SMILES string of the molecule is C[C@@H]1CCCCC[C@H]2C[C@@H](O)C[C@@H]2[C@@H](O)/C=C/C(=O)N1. The van der Waals surface area contributed by atoms with Crippen molar-refractivity contribution in [3.8, 4) is 0 Å². The lowest BCUT2D eigenvalue weighted by atomic mass is 9.86. The molecule has 3 N–H and O–H groups in total. The van der Waals surface area contributed by atoms with E-state index in [0.717, 1.165) is 38.5 Å². The van der Waals surface area contributed by atoms with Gasteiger partial charge in [0.25, 0.3) is 0 Å². The first-order valence-electron chi connectivity index (χ1n) is 7.91. The Kier molecular flexibility index (Phi) is 5.61. The van der Waals surface area contributed by atoms with Gasteiger partial charge in [-0.2, -0.15) is 0 Å². The van der Waals surface area contributed by atoms with Crippen molar-refractivity contribution in [2.45, 2.75) is 70.1 Å². The average Bonchev–Trinajstić information content (AvgIpc) is 2.76. The molecule has 1 aliphatic heterocycles. The molecule has 0 aromatic carbocycles. The van der Waals surface area contributed by atoms with Crippen molar-refractivity contribution in [2.75, 3.05) is 0 Å². The van der Waals surface area contributed by atoms with E-state index in [1.165, 1.54) is 6.08 Å². The molecule has 1 heterocycles. The molecule has 5 atom stereocenters. The normalized spacial score (nSPS) is 41.8. The molecule has 0 unspecified atom stereocenters. The first-order chi connectivity index (χ1) is 9.56. The molecule has 1 aliphatic carbocycles. The Morgan fingerprint density at radius 1 is 1.15 bits per heavy atom. The maximum absolute atomic E-state index is 11.7. The summed E-state index contributed by atoms with van der Waals surface area (Å²) in [6.07, 6.45) is 9.04. The first-order valence-corrected chi connectivity index (χ1v) is 7.91. The fourth-order valence-electron chi connectivity index (χ4n) is 3.60. The number of aliphatic hydroxyl groups is 2. The molecule has 1 saturated carbocycles. The van der Waals surface area contributed by atoms with Gasteiger partial charge in [0.2, 0.25) is 5.91 Å². The zero-order valence-corrected chi connectivity index (χ0v) is 12.3. The second-order valence-electron chi connectivity index (χ2n) is 6.45. The van der Waals surface area contributed by atoms with Gasteiger partial charge in [-0.05, 0) is 44.4 Å². The topological polar surface area (TPSA) is 69.6 Å². The van der Waals surface area contributed by atoms with Crippen LogP contribution in [0.2, 0.25) is 0 Å². The molecule has 4 nitrogen and oxygen atoms in total. The van der Waals surface area contributed by atoms with Crippen molar-refractivity contribution in [1.82, 2.24) is 5.32 Å². The van der Waals surface area contributed by atoms with Gasteiger partial charge < -0.3 is 15.5 Å². The monoisotopic (exact) mass is 281 g/mol. The summed E-state index contributed by atoms with van der Waals surface area (Å²) >= 11 is 0. The van der Waals surface area contributed by atoms with Gasteiger partial charge in [0.1, 0.15) is 0 Å². The second-order valence-corrected chi connectivity index (χ2v) is 6.45. The molecule has 0 saturated heterocycles. The van der Waals surface area contributed by atoms with Gasteiger partial charge in [-0.25, -0.2) is 0 Å². The lowest BCUT2D eigenvalue weighted by molar-refractivity contribution is -0.117. The number of nitrogens with one attached hydrogen (secondary N) is 1. The molecule has 0 spiro atoms. The Labute approximate surface area is 121 Å². The zero-order valence-electron chi connectivity index (χ0n) is 12.3. The number of amides is 1. The maximum atomic E-state index is 11.7. The summed E-state index contributed by atoms with van der Waals surface area (Å²) in [7, 11) is 0. The van der Waals surface area contributed by atoms with Gasteiger partial charge in [-0.15, -0.1) is 0 Å². The fraction of sp³-hybridized carbons (Fsp3) is 0.812. The molecule has 0 aromatic heterocycles. The van der Waals surface area contributed by atoms with Crippen LogP contribution in [0.25, 0.3) is 0 Å². The lowest BCUT2D eigenvalue weighted by Crippen LogP contribution is -2.31. The number of hydrogen-bond acceptors (Lipinski definition) is 3. The van der Waals surface area contributed by atoms with Crippen LogP contribution in [-0.2, 0) is 4.79 Å².